The second-order valence-corrected chi connectivity index (χ2v) is 8.78. The molecule has 0 unspecified atom stereocenters. The highest BCUT2D eigenvalue weighted by atomic mass is 32.2. The molecule has 0 aliphatic carbocycles. The van der Waals surface area contributed by atoms with Crippen molar-refractivity contribution in [3.8, 4) is 0 Å². The summed E-state index contributed by atoms with van der Waals surface area (Å²) >= 11 is 1.33. The van der Waals surface area contributed by atoms with Crippen LogP contribution < -0.4 is 4.90 Å². The van der Waals surface area contributed by atoms with Crippen LogP contribution in [0.15, 0.2) is 35.4 Å². The Bertz CT molecular complexity index is 880. The van der Waals surface area contributed by atoms with Crippen LogP contribution in [0.25, 0.3) is 0 Å². The first-order valence-corrected chi connectivity index (χ1v) is 9.84. The van der Waals surface area contributed by atoms with Crippen molar-refractivity contribution in [3.05, 3.63) is 40.9 Å². The van der Waals surface area contributed by atoms with Crippen molar-refractivity contribution >= 4 is 32.1 Å². The van der Waals surface area contributed by atoms with Gasteiger partial charge in [-0.15, -0.1) is 0 Å². The molecule has 0 bridgehead atoms. The lowest BCUT2D eigenvalue weighted by molar-refractivity contribution is 0.104. The van der Waals surface area contributed by atoms with Gasteiger partial charge >= 0.3 is 0 Å². The molecule has 3 heterocycles. The molecular weight excluding hydrogens is 336 g/mol. The van der Waals surface area contributed by atoms with Gasteiger partial charge in [-0.2, -0.15) is 0 Å². The number of ketones is 1. The number of fused-ring (bicyclic) bond motifs is 1. The van der Waals surface area contributed by atoms with Gasteiger partial charge in [0.05, 0.1) is 16.0 Å². The highest BCUT2D eigenvalue weighted by Gasteiger charge is 2.47. The zero-order valence-corrected chi connectivity index (χ0v) is 13.9. The molecule has 4 rings (SSSR count). The Labute approximate surface area is 137 Å². The van der Waals surface area contributed by atoms with Crippen molar-refractivity contribution in [1.29, 1.82) is 0 Å². The number of anilines is 1. The van der Waals surface area contributed by atoms with Gasteiger partial charge in [0, 0.05) is 24.9 Å². The summed E-state index contributed by atoms with van der Waals surface area (Å²) in [6.07, 6.45) is 3.30. The number of sulfone groups is 1. The third-order valence-electron chi connectivity index (χ3n) is 4.00. The molecule has 2 aliphatic heterocycles. The van der Waals surface area contributed by atoms with Gasteiger partial charge in [-0.05, 0) is 12.1 Å². The zero-order chi connectivity index (χ0) is 16.2. The molecule has 0 amide bonds. The van der Waals surface area contributed by atoms with E-state index in [9.17, 15) is 13.2 Å². The van der Waals surface area contributed by atoms with Crippen LogP contribution in [-0.2, 0) is 14.6 Å². The van der Waals surface area contributed by atoms with Crippen molar-refractivity contribution in [2.24, 2.45) is 0 Å². The van der Waals surface area contributed by atoms with E-state index in [0.29, 0.717) is 22.6 Å². The normalized spacial score (nSPS) is 22.9. The van der Waals surface area contributed by atoms with Crippen LogP contribution in [0, 0.1) is 0 Å². The van der Waals surface area contributed by atoms with E-state index in [1.54, 1.807) is 18.3 Å². The van der Waals surface area contributed by atoms with Gasteiger partial charge < -0.3 is 9.64 Å². The van der Waals surface area contributed by atoms with Crippen LogP contribution >= 0.6 is 11.3 Å². The Balaban J connectivity index is 1.58. The molecule has 0 radical (unpaired) electrons. The van der Waals surface area contributed by atoms with Crippen molar-refractivity contribution in [2.75, 3.05) is 24.2 Å². The molecule has 2 aliphatic rings. The molecule has 23 heavy (non-hydrogen) atoms. The average Bonchev–Trinajstić information content (AvgIpc) is 2.94. The largest absolute Gasteiger partial charge is 0.366 e. The number of epoxide rings is 1. The number of thiazole rings is 1. The Morgan fingerprint density at radius 3 is 2.78 bits per heavy atom. The monoisotopic (exact) mass is 350 g/mol. The molecule has 0 spiro atoms. The summed E-state index contributed by atoms with van der Waals surface area (Å²) < 4.78 is 28.6. The minimum atomic E-state index is -3.34. The number of nitrogens with zero attached hydrogens (tertiary/aromatic N) is 2. The lowest BCUT2D eigenvalue weighted by Gasteiger charge is -2.14. The van der Waals surface area contributed by atoms with Gasteiger partial charge in [0.2, 0.25) is 5.78 Å². The molecule has 6 nitrogen and oxygen atoms in total. The smallest absolute Gasteiger partial charge is 0.204 e. The van der Waals surface area contributed by atoms with Gasteiger partial charge in [0.15, 0.2) is 15.0 Å². The highest BCUT2D eigenvalue weighted by Crippen LogP contribution is 2.35. The minimum Gasteiger partial charge on any atom is -0.366 e. The van der Waals surface area contributed by atoms with Gasteiger partial charge in [0.25, 0.3) is 0 Å². The van der Waals surface area contributed by atoms with Crippen molar-refractivity contribution in [1.82, 2.24) is 4.98 Å². The number of hydrogen-bond acceptors (Lipinski definition) is 7. The number of aromatic nitrogens is 1. The fourth-order valence-electron chi connectivity index (χ4n) is 2.69. The minimum absolute atomic E-state index is 0.143. The fraction of sp³-hybridized carbons (Fsp3) is 0.333. The molecule has 8 heteroatoms. The first-order valence-electron chi connectivity index (χ1n) is 7.13. The van der Waals surface area contributed by atoms with Crippen LogP contribution in [0.3, 0.4) is 0 Å². The third kappa shape index (κ3) is 2.77. The summed E-state index contributed by atoms with van der Waals surface area (Å²) in [5.74, 6) is -0.208. The SMILES string of the molecule is CS(=O)(=O)c1cccc(C(=O)c2cnc(N3C[C@@H]4O[C@@H]4C3)s2)c1. The predicted octanol–water partition coefficient (Wildman–Crippen LogP) is 1.36. The molecule has 0 N–H and O–H groups in total. The predicted molar refractivity (Wildman–Crippen MR) is 86.0 cm³/mol. The fourth-order valence-corrected chi connectivity index (χ4v) is 4.25. The van der Waals surface area contributed by atoms with Crippen LogP contribution in [0.2, 0.25) is 0 Å². The Hall–Kier alpha value is -1.77. The van der Waals surface area contributed by atoms with Crippen molar-refractivity contribution in [2.45, 2.75) is 17.1 Å². The summed E-state index contributed by atoms with van der Waals surface area (Å²) in [7, 11) is -3.34. The van der Waals surface area contributed by atoms with E-state index in [4.69, 9.17) is 4.74 Å². The van der Waals surface area contributed by atoms with Gasteiger partial charge in [-0.3, -0.25) is 4.79 Å². The molecular formula is C15H14N2O4S2. The molecule has 2 fully saturated rings. The first-order chi connectivity index (χ1) is 10.9. The van der Waals surface area contributed by atoms with E-state index < -0.39 is 9.84 Å². The van der Waals surface area contributed by atoms with Gasteiger partial charge in [-0.1, -0.05) is 23.5 Å². The maximum absolute atomic E-state index is 12.6. The van der Waals surface area contributed by atoms with Crippen LogP contribution in [0.5, 0.6) is 0 Å². The number of rotatable bonds is 4. The van der Waals surface area contributed by atoms with E-state index in [0.717, 1.165) is 24.5 Å². The van der Waals surface area contributed by atoms with E-state index in [-0.39, 0.29) is 10.7 Å². The van der Waals surface area contributed by atoms with Crippen LogP contribution in [0.4, 0.5) is 5.13 Å². The number of ether oxygens (including phenoxy) is 1. The topological polar surface area (TPSA) is 79.9 Å². The maximum Gasteiger partial charge on any atom is 0.204 e. The summed E-state index contributed by atoms with van der Waals surface area (Å²) in [6.45, 7) is 1.63. The molecule has 0 saturated carbocycles. The lowest BCUT2D eigenvalue weighted by atomic mass is 10.1. The second kappa shape index (κ2) is 5.12. The molecule has 2 saturated heterocycles. The number of hydrogen-bond donors (Lipinski definition) is 0. The molecule has 120 valence electrons. The summed E-state index contributed by atoms with van der Waals surface area (Å²) in [5, 5.41) is 0.809. The van der Waals surface area contributed by atoms with Gasteiger partial charge in [-0.25, -0.2) is 13.4 Å². The zero-order valence-electron chi connectivity index (χ0n) is 12.3. The Morgan fingerprint density at radius 1 is 1.35 bits per heavy atom. The molecule has 2 atom stereocenters. The van der Waals surface area contributed by atoms with Crippen molar-refractivity contribution < 1.29 is 17.9 Å². The summed E-state index contributed by atoms with van der Waals surface area (Å²) in [6, 6.07) is 6.10. The molecule has 1 aromatic heterocycles. The molecule has 1 aromatic carbocycles. The highest BCUT2D eigenvalue weighted by molar-refractivity contribution is 7.90. The van der Waals surface area contributed by atoms with E-state index >= 15 is 0 Å². The van der Waals surface area contributed by atoms with Crippen LogP contribution in [-0.4, -0.2) is 50.7 Å². The second-order valence-electron chi connectivity index (χ2n) is 5.75. The number of benzene rings is 1. The van der Waals surface area contributed by atoms with Gasteiger partial charge in [0.1, 0.15) is 12.2 Å². The number of morpholine rings is 1. The molecule has 2 aromatic rings. The van der Waals surface area contributed by atoms with Crippen molar-refractivity contribution in [3.63, 3.8) is 0 Å². The number of carbonyl (C=O) groups is 1. The van der Waals surface area contributed by atoms with Crippen LogP contribution in [0.1, 0.15) is 15.2 Å². The Morgan fingerprint density at radius 2 is 2.09 bits per heavy atom. The quantitative estimate of drug-likeness (QED) is 0.612. The maximum atomic E-state index is 12.6. The van der Waals surface area contributed by atoms with E-state index in [1.165, 1.54) is 23.5 Å². The standard InChI is InChI=1S/C15H14N2O4S2/c1-23(19,20)10-4-2-3-9(5-10)14(18)13-6-16-15(22-13)17-7-11-12(8-17)21-11/h2-6,11-12H,7-8H2,1H3/t11-,12+. The third-order valence-corrected chi connectivity index (χ3v) is 6.17. The first kappa shape index (κ1) is 14.8. The summed E-state index contributed by atoms with van der Waals surface area (Å²) in [5.41, 5.74) is 0.357. The Kier molecular flexibility index (Phi) is 3.29. The lowest BCUT2D eigenvalue weighted by Crippen LogP contribution is -2.23. The van der Waals surface area contributed by atoms with E-state index in [1.807, 2.05) is 0 Å². The number of carbonyl (C=O) groups excluding carboxylic acids is 1. The van der Waals surface area contributed by atoms with E-state index in [2.05, 4.69) is 9.88 Å². The average molecular weight is 350 g/mol. The summed E-state index contributed by atoms with van der Waals surface area (Å²) in [4.78, 5) is 19.6.